The highest BCUT2D eigenvalue weighted by Gasteiger charge is 2.51. The van der Waals surface area contributed by atoms with Crippen molar-refractivity contribution in [2.75, 3.05) is 29.4 Å². The number of carbonyl (C=O) groups excluding carboxylic acids is 3. The summed E-state index contributed by atoms with van der Waals surface area (Å²) in [7, 11) is 0. The number of piperidine rings is 1. The molecule has 1 N–H and O–H groups in total. The van der Waals surface area contributed by atoms with E-state index in [-0.39, 0.29) is 29.6 Å². The minimum atomic E-state index is -0.699. The van der Waals surface area contributed by atoms with Crippen LogP contribution in [0.1, 0.15) is 52.7 Å². The molecule has 1 aliphatic carbocycles. The minimum absolute atomic E-state index is 0.0611. The average molecular weight is 614 g/mol. The number of hydrogen-bond acceptors (Lipinski definition) is 5. The van der Waals surface area contributed by atoms with Crippen LogP contribution >= 0.6 is 0 Å². The van der Waals surface area contributed by atoms with Crippen molar-refractivity contribution in [2.24, 2.45) is 0 Å². The highest BCUT2D eigenvalue weighted by molar-refractivity contribution is 6.27. The monoisotopic (exact) mass is 613 g/mol. The van der Waals surface area contributed by atoms with E-state index in [4.69, 9.17) is 6.57 Å². The zero-order chi connectivity index (χ0) is 31.6. The van der Waals surface area contributed by atoms with Crippen LogP contribution in [0.25, 0.3) is 15.6 Å². The number of amides is 3. The summed E-state index contributed by atoms with van der Waals surface area (Å²) in [6, 6.07) is 22.5. The molecule has 1 unspecified atom stereocenters. The zero-order valence-corrected chi connectivity index (χ0v) is 25.3. The lowest BCUT2D eigenvalue weighted by Crippen LogP contribution is -2.54. The van der Waals surface area contributed by atoms with Gasteiger partial charge in [0.15, 0.2) is 5.69 Å². The molecule has 3 heterocycles. The number of benzene rings is 4. The summed E-state index contributed by atoms with van der Waals surface area (Å²) in [6.07, 6.45) is 3.42. The number of piperazine rings is 1. The number of anilines is 2. The Bertz CT molecular complexity index is 1980. The van der Waals surface area contributed by atoms with Crippen molar-refractivity contribution in [1.29, 1.82) is 0 Å². The van der Waals surface area contributed by atoms with Gasteiger partial charge in [0.2, 0.25) is 11.8 Å². The van der Waals surface area contributed by atoms with Crippen LogP contribution in [0.5, 0.6) is 0 Å². The largest absolute Gasteiger partial charge is 0.366 e. The van der Waals surface area contributed by atoms with Gasteiger partial charge in [-0.05, 0) is 72.0 Å². The molecule has 1 atom stereocenters. The Morgan fingerprint density at radius 1 is 0.935 bits per heavy atom. The second-order valence-corrected chi connectivity index (χ2v) is 12.9. The van der Waals surface area contributed by atoms with Crippen molar-refractivity contribution in [3.8, 4) is 0 Å². The number of nitrogens with zero attached hydrogens (tertiary/aromatic N) is 4. The molecule has 1 saturated carbocycles. The Hall–Kier alpha value is -5.07. The molecule has 8 nitrogen and oxygen atoms in total. The Morgan fingerprint density at radius 3 is 2.46 bits per heavy atom. The predicted octanol–water partition coefficient (Wildman–Crippen LogP) is 5.74. The van der Waals surface area contributed by atoms with Crippen LogP contribution in [0.2, 0.25) is 0 Å². The van der Waals surface area contributed by atoms with Crippen LogP contribution in [-0.4, -0.2) is 53.8 Å². The number of halogens is 1. The SMILES string of the molecule is [C-]#[N+]c1ccc(N2CCN(Cc3ccc(Cc4ccc5c6c(cccc46)C(=O)N5C4CCC(=O)NC4=O)cc3)C3(CC3)C2)c(F)c1. The van der Waals surface area contributed by atoms with Crippen LogP contribution < -0.4 is 15.1 Å². The van der Waals surface area contributed by atoms with Gasteiger partial charge in [0.25, 0.3) is 5.91 Å². The summed E-state index contributed by atoms with van der Waals surface area (Å²) in [6.45, 7) is 10.4. The first-order valence-corrected chi connectivity index (χ1v) is 15.8. The van der Waals surface area contributed by atoms with Gasteiger partial charge in [-0.15, -0.1) is 0 Å². The maximum atomic E-state index is 14.8. The van der Waals surface area contributed by atoms with E-state index in [1.165, 1.54) is 17.2 Å². The molecule has 3 amide bonds. The first-order valence-electron chi connectivity index (χ1n) is 15.8. The average Bonchev–Trinajstić information content (AvgIpc) is 3.77. The molecule has 4 aromatic rings. The fourth-order valence-corrected chi connectivity index (χ4v) is 7.57. The summed E-state index contributed by atoms with van der Waals surface area (Å²) in [5.41, 5.74) is 5.79. The molecule has 0 bridgehead atoms. The molecule has 1 spiro atoms. The van der Waals surface area contributed by atoms with Gasteiger partial charge in [-0.3, -0.25) is 29.5 Å². The molecule has 2 saturated heterocycles. The highest BCUT2D eigenvalue weighted by atomic mass is 19.1. The first-order chi connectivity index (χ1) is 22.3. The molecule has 3 fully saturated rings. The third-order valence-electron chi connectivity index (χ3n) is 10.2. The highest BCUT2D eigenvalue weighted by Crippen LogP contribution is 2.46. The molecule has 46 heavy (non-hydrogen) atoms. The number of hydrogen-bond donors (Lipinski definition) is 1. The van der Waals surface area contributed by atoms with Gasteiger partial charge in [-0.25, -0.2) is 9.24 Å². The molecule has 4 aliphatic rings. The van der Waals surface area contributed by atoms with Crippen molar-refractivity contribution < 1.29 is 18.8 Å². The van der Waals surface area contributed by atoms with E-state index >= 15 is 0 Å². The number of rotatable bonds is 6. The van der Waals surface area contributed by atoms with Gasteiger partial charge in [-0.2, -0.15) is 0 Å². The Balaban J connectivity index is 0.976. The van der Waals surface area contributed by atoms with E-state index in [9.17, 15) is 18.8 Å². The summed E-state index contributed by atoms with van der Waals surface area (Å²) in [5, 5.41) is 4.24. The number of nitrogens with one attached hydrogen (secondary N) is 1. The van der Waals surface area contributed by atoms with Gasteiger partial charge in [0.05, 0.1) is 17.9 Å². The molecule has 9 heteroatoms. The maximum Gasteiger partial charge on any atom is 0.259 e. The van der Waals surface area contributed by atoms with Crippen molar-refractivity contribution in [1.82, 2.24) is 10.2 Å². The van der Waals surface area contributed by atoms with Gasteiger partial charge in [0.1, 0.15) is 11.9 Å². The molecular formula is C37H32FN5O3. The molecule has 8 rings (SSSR count). The van der Waals surface area contributed by atoms with E-state index in [0.717, 1.165) is 61.0 Å². The Labute approximate surface area is 266 Å². The number of imide groups is 1. The summed E-state index contributed by atoms with van der Waals surface area (Å²) in [5.74, 6) is -1.25. The molecule has 230 valence electrons. The van der Waals surface area contributed by atoms with E-state index < -0.39 is 11.9 Å². The quantitative estimate of drug-likeness (QED) is 0.222. The van der Waals surface area contributed by atoms with Crippen LogP contribution in [-0.2, 0) is 22.6 Å². The smallest absolute Gasteiger partial charge is 0.259 e. The standard InChI is InChI=1S/C37H32FN5O3/c1-39-26-10-12-30(29(38)20-26)41-17-18-42(37(22-41)15-16-37)21-24-7-5-23(6-8-24)19-25-9-11-31-34-27(25)3-2-4-28(34)36(46)43(31)32-13-14-33(44)40-35(32)45/h2-12,20,32H,13-19,21-22H2,(H,40,44,45). The predicted molar refractivity (Wildman–Crippen MR) is 173 cm³/mol. The van der Waals surface area contributed by atoms with Crippen molar-refractivity contribution in [3.63, 3.8) is 0 Å². The maximum absolute atomic E-state index is 14.8. The van der Waals surface area contributed by atoms with Gasteiger partial charge in [-0.1, -0.05) is 48.5 Å². The van der Waals surface area contributed by atoms with Gasteiger partial charge < -0.3 is 4.90 Å². The summed E-state index contributed by atoms with van der Waals surface area (Å²) >= 11 is 0. The Kier molecular flexibility index (Phi) is 6.66. The molecule has 4 aromatic carbocycles. The van der Waals surface area contributed by atoms with E-state index in [1.54, 1.807) is 17.0 Å². The van der Waals surface area contributed by atoms with Gasteiger partial charge in [0, 0.05) is 49.1 Å². The first kappa shape index (κ1) is 28.4. The Morgan fingerprint density at radius 2 is 1.72 bits per heavy atom. The second-order valence-electron chi connectivity index (χ2n) is 12.9. The van der Waals surface area contributed by atoms with Crippen molar-refractivity contribution in [3.05, 3.63) is 112 Å². The van der Waals surface area contributed by atoms with E-state index in [1.807, 2.05) is 30.3 Å². The van der Waals surface area contributed by atoms with E-state index in [0.29, 0.717) is 29.8 Å². The summed E-state index contributed by atoms with van der Waals surface area (Å²) < 4.78 is 14.8. The molecule has 0 aromatic heterocycles. The lowest BCUT2D eigenvalue weighted by atomic mass is 9.95. The topological polar surface area (TPSA) is 77.3 Å². The zero-order valence-electron chi connectivity index (χ0n) is 25.3. The van der Waals surface area contributed by atoms with E-state index in [2.05, 4.69) is 44.2 Å². The second kappa shape index (κ2) is 10.8. The fraction of sp³-hybridized carbons (Fsp3) is 0.297. The lowest BCUT2D eigenvalue weighted by molar-refractivity contribution is -0.134. The van der Waals surface area contributed by atoms with Crippen LogP contribution in [0.3, 0.4) is 0 Å². The minimum Gasteiger partial charge on any atom is -0.366 e. The molecule has 0 radical (unpaired) electrons. The van der Waals surface area contributed by atoms with Gasteiger partial charge >= 0.3 is 0 Å². The third-order valence-corrected chi connectivity index (χ3v) is 10.2. The normalized spacial score (nSPS) is 20.3. The lowest BCUT2D eigenvalue weighted by Gasteiger charge is -2.43. The van der Waals surface area contributed by atoms with Crippen molar-refractivity contribution in [2.45, 2.75) is 50.2 Å². The van der Waals surface area contributed by atoms with Crippen LogP contribution in [0.15, 0.2) is 72.8 Å². The van der Waals surface area contributed by atoms with Crippen LogP contribution in [0, 0.1) is 12.4 Å². The molecular weight excluding hydrogens is 581 g/mol. The molecule has 3 aliphatic heterocycles. The van der Waals surface area contributed by atoms with Crippen molar-refractivity contribution >= 4 is 45.6 Å². The number of carbonyl (C=O) groups is 3. The van der Waals surface area contributed by atoms with Crippen LogP contribution in [0.4, 0.5) is 21.5 Å². The third kappa shape index (κ3) is 4.72. The summed E-state index contributed by atoms with van der Waals surface area (Å²) in [4.78, 5) is 47.4. The fourth-order valence-electron chi connectivity index (χ4n) is 7.57.